The van der Waals surface area contributed by atoms with Gasteiger partial charge >= 0.3 is 0 Å². The number of amides is 1. The first-order valence-electron chi connectivity index (χ1n) is 5.16. The highest BCUT2D eigenvalue weighted by molar-refractivity contribution is 9.10. The van der Waals surface area contributed by atoms with Crippen LogP contribution in [0.1, 0.15) is 10.5 Å². The van der Waals surface area contributed by atoms with Crippen molar-refractivity contribution in [3.05, 3.63) is 46.3 Å². The third-order valence-corrected chi connectivity index (χ3v) is 2.89. The summed E-state index contributed by atoms with van der Waals surface area (Å²) in [4.78, 5) is 14.9. The molecule has 0 spiro atoms. The minimum Gasteiger partial charge on any atom is -0.437 e. The van der Waals surface area contributed by atoms with Crippen molar-refractivity contribution in [2.45, 2.75) is 0 Å². The molecule has 7 heteroatoms. The van der Waals surface area contributed by atoms with Crippen LogP contribution in [0.15, 0.2) is 34.8 Å². The van der Waals surface area contributed by atoms with Crippen LogP contribution in [0, 0.1) is 5.82 Å². The second kappa shape index (κ2) is 5.23. The van der Waals surface area contributed by atoms with Crippen LogP contribution in [-0.4, -0.2) is 10.9 Å². The van der Waals surface area contributed by atoms with Crippen molar-refractivity contribution in [2.75, 3.05) is 5.73 Å². The molecule has 2 aromatic rings. The summed E-state index contributed by atoms with van der Waals surface area (Å²) >= 11 is 3.03. The van der Waals surface area contributed by atoms with Gasteiger partial charge in [-0.2, -0.15) is 0 Å². The molecule has 0 bridgehead atoms. The number of hydrogen-bond acceptors (Lipinski definition) is 4. The third-order valence-electron chi connectivity index (χ3n) is 2.25. The lowest BCUT2D eigenvalue weighted by Crippen LogP contribution is -2.13. The molecule has 98 valence electrons. The zero-order valence-electron chi connectivity index (χ0n) is 9.56. The highest BCUT2D eigenvalue weighted by atomic mass is 79.9. The number of ether oxygens (including phenoxy) is 1. The number of nitrogen functional groups attached to an aromatic ring is 1. The van der Waals surface area contributed by atoms with E-state index in [-0.39, 0.29) is 23.0 Å². The van der Waals surface area contributed by atoms with Crippen LogP contribution in [0.5, 0.6) is 11.6 Å². The molecule has 0 aliphatic rings. The number of benzene rings is 1. The van der Waals surface area contributed by atoms with Gasteiger partial charge in [0, 0.05) is 6.07 Å². The van der Waals surface area contributed by atoms with Gasteiger partial charge < -0.3 is 16.2 Å². The van der Waals surface area contributed by atoms with E-state index >= 15 is 0 Å². The van der Waals surface area contributed by atoms with Gasteiger partial charge in [0.05, 0.1) is 10.2 Å². The molecule has 0 unspecified atom stereocenters. The molecule has 1 amide bonds. The molecular formula is C12H9BrFN3O2. The van der Waals surface area contributed by atoms with E-state index < -0.39 is 11.7 Å². The smallest absolute Gasteiger partial charge is 0.267 e. The Labute approximate surface area is 116 Å². The Morgan fingerprint density at radius 3 is 2.68 bits per heavy atom. The number of nitrogens with zero attached hydrogens (tertiary/aromatic N) is 1. The molecule has 0 fully saturated rings. The second-order valence-corrected chi connectivity index (χ2v) is 4.49. The fourth-order valence-corrected chi connectivity index (χ4v) is 1.57. The van der Waals surface area contributed by atoms with E-state index in [0.29, 0.717) is 4.47 Å². The number of rotatable bonds is 3. The van der Waals surface area contributed by atoms with Crippen molar-refractivity contribution in [1.29, 1.82) is 0 Å². The van der Waals surface area contributed by atoms with Crippen molar-refractivity contribution in [2.24, 2.45) is 5.73 Å². The molecule has 1 aromatic carbocycles. The van der Waals surface area contributed by atoms with Gasteiger partial charge in [-0.3, -0.25) is 4.79 Å². The Bertz CT molecular complexity index is 649. The number of aromatic nitrogens is 1. The summed E-state index contributed by atoms with van der Waals surface area (Å²) in [7, 11) is 0. The Morgan fingerprint density at radius 2 is 2.05 bits per heavy atom. The number of nitrogens with two attached hydrogens (primary N) is 2. The maximum atomic E-state index is 13.3. The minimum atomic E-state index is -0.702. The number of anilines is 1. The Balaban J connectivity index is 2.34. The van der Waals surface area contributed by atoms with E-state index in [2.05, 4.69) is 20.9 Å². The van der Waals surface area contributed by atoms with Crippen LogP contribution < -0.4 is 16.2 Å². The third kappa shape index (κ3) is 3.00. The topological polar surface area (TPSA) is 91.2 Å². The molecule has 0 saturated carbocycles. The lowest BCUT2D eigenvalue weighted by molar-refractivity contribution is 0.0995. The Morgan fingerprint density at radius 1 is 1.32 bits per heavy atom. The van der Waals surface area contributed by atoms with Gasteiger partial charge in [-0.25, -0.2) is 9.37 Å². The van der Waals surface area contributed by atoms with E-state index in [1.165, 1.54) is 30.3 Å². The van der Waals surface area contributed by atoms with Gasteiger partial charge in [0.1, 0.15) is 17.3 Å². The normalized spacial score (nSPS) is 10.2. The Hall–Kier alpha value is -2.15. The van der Waals surface area contributed by atoms with Gasteiger partial charge in [0.15, 0.2) is 0 Å². The number of pyridine rings is 1. The average molecular weight is 326 g/mol. The lowest BCUT2D eigenvalue weighted by Gasteiger charge is -2.08. The fourth-order valence-electron chi connectivity index (χ4n) is 1.32. The quantitative estimate of drug-likeness (QED) is 0.906. The molecular weight excluding hydrogens is 317 g/mol. The lowest BCUT2D eigenvalue weighted by atomic mass is 10.3. The summed E-state index contributed by atoms with van der Waals surface area (Å²) in [6.45, 7) is 0. The molecule has 0 saturated heterocycles. The van der Waals surface area contributed by atoms with Crippen LogP contribution in [0.25, 0.3) is 0 Å². The predicted octanol–water partition coefficient (Wildman–Crippen LogP) is 2.46. The summed E-state index contributed by atoms with van der Waals surface area (Å²) in [5.74, 6) is -0.978. The number of carbonyl (C=O) groups is 1. The highest BCUT2D eigenvalue weighted by Crippen LogP contribution is 2.28. The first-order chi connectivity index (χ1) is 8.97. The van der Waals surface area contributed by atoms with Crippen molar-refractivity contribution in [3.8, 4) is 11.6 Å². The SMILES string of the molecule is NC(=O)c1ccc(N)c(Oc2ccc(Br)c(F)c2)n1. The summed E-state index contributed by atoms with van der Waals surface area (Å²) < 4.78 is 19.0. The zero-order chi connectivity index (χ0) is 14.0. The maximum absolute atomic E-state index is 13.3. The van der Waals surface area contributed by atoms with E-state index in [9.17, 15) is 9.18 Å². The van der Waals surface area contributed by atoms with Gasteiger partial charge in [-0.1, -0.05) is 0 Å². The highest BCUT2D eigenvalue weighted by Gasteiger charge is 2.10. The minimum absolute atomic E-state index is 0.00183. The van der Waals surface area contributed by atoms with Crippen molar-refractivity contribution < 1.29 is 13.9 Å². The first-order valence-corrected chi connectivity index (χ1v) is 5.96. The van der Waals surface area contributed by atoms with Gasteiger partial charge in [0.2, 0.25) is 5.88 Å². The molecule has 5 nitrogen and oxygen atoms in total. The molecule has 0 aliphatic carbocycles. The molecule has 1 heterocycles. The summed E-state index contributed by atoms with van der Waals surface area (Å²) in [5.41, 5.74) is 11.0. The van der Waals surface area contributed by atoms with Crippen LogP contribution in [0.2, 0.25) is 0 Å². The standard InChI is InChI=1S/C12H9BrFN3O2/c13-7-2-1-6(5-8(7)14)19-12-9(15)3-4-10(17-12)11(16)18/h1-5H,15H2,(H2,16,18). The first kappa shape index (κ1) is 13.3. The Kier molecular flexibility index (Phi) is 3.66. The van der Waals surface area contributed by atoms with Crippen molar-refractivity contribution in [1.82, 2.24) is 4.98 Å². The van der Waals surface area contributed by atoms with Gasteiger partial charge in [-0.15, -0.1) is 0 Å². The molecule has 4 N–H and O–H groups in total. The fraction of sp³-hybridized carbons (Fsp3) is 0. The number of halogens is 2. The molecule has 0 radical (unpaired) electrons. The largest absolute Gasteiger partial charge is 0.437 e. The van der Waals surface area contributed by atoms with Crippen LogP contribution >= 0.6 is 15.9 Å². The number of primary amides is 1. The predicted molar refractivity (Wildman–Crippen MR) is 71.3 cm³/mol. The second-order valence-electron chi connectivity index (χ2n) is 3.63. The summed E-state index contributed by atoms with van der Waals surface area (Å²) in [6, 6.07) is 7.01. The molecule has 0 aliphatic heterocycles. The molecule has 2 rings (SSSR count). The van der Waals surface area contributed by atoms with Gasteiger partial charge in [-0.05, 0) is 40.2 Å². The van der Waals surface area contributed by atoms with Crippen LogP contribution in [-0.2, 0) is 0 Å². The monoisotopic (exact) mass is 325 g/mol. The van der Waals surface area contributed by atoms with Crippen LogP contribution in [0.3, 0.4) is 0 Å². The van der Waals surface area contributed by atoms with E-state index in [1.807, 2.05) is 0 Å². The maximum Gasteiger partial charge on any atom is 0.267 e. The van der Waals surface area contributed by atoms with E-state index in [4.69, 9.17) is 16.2 Å². The number of hydrogen-bond donors (Lipinski definition) is 2. The van der Waals surface area contributed by atoms with Crippen molar-refractivity contribution >= 4 is 27.5 Å². The molecule has 0 atom stereocenters. The van der Waals surface area contributed by atoms with Crippen LogP contribution in [0.4, 0.5) is 10.1 Å². The summed E-state index contributed by atoms with van der Waals surface area (Å²) in [6.07, 6.45) is 0. The summed E-state index contributed by atoms with van der Waals surface area (Å²) in [5, 5.41) is 0. The van der Waals surface area contributed by atoms with Crippen molar-refractivity contribution in [3.63, 3.8) is 0 Å². The zero-order valence-corrected chi connectivity index (χ0v) is 11.1. The van der Waals surface area contributed by atoms with Gasteiger partial charge in [0.25, 0.3) is 5.91 Å². The van der Waals surface area contributed by atoms with E-state index in [1.54, 1.807) is 0 Å². The molecule has 1 aromatic heterocycles. The number of carbonyl (C=O) groups excluding carboxylic acids is 1. The van der Waals surface area contributed by atoms with E-state index in [0.717, 1.165) is 0 Å². The average Bonchev–Trinajstić information content (AvgIpc) is 2.36. The molecule has 19 heavy (non-hydrogen) atoms.